The third kappa shape index (κ3) is 7.96. The molecule has 0 aliphatic heterocycles. The Morgan fingerprint density at radius 1 is 1.15 bits per heavy atom. The largest absolute Gasteiger partial charge is 0.488 e. The molecule has 0 aliphatic rings. The number of anilines is 1. The van der Waals surface area contributed by atoms with Crippen LogP contribution in [0.15, 0.2) is 24.4 Å². The lowest BCUT2D eigenvalue weighted by atomic mass is 10.1. The molecule has 0 aliphatic carbocycles. The fourth-order valence-corrected chi connectivity index (χ4v) is 2.74. The molecule has 180 valence electrons. The van der Waals surface area contributed by atoms with Crippen LogP contribution in [0.1, 0.15) is 62.3 Å². The van der Waals surface area contributed by atoms with E-state index >= 15 is 0 Å². The molecule has 2 rings (SSSR count). The summed E-state index contributed by atoms with van der Waals surface area (Å²) in [6, 6.07) is 4.23. The summed E-state index contributed by atoms with van der Waals surface area (Å²) in [5.41, 5.74) is 1.50. The van der Waals surface area contributed by atoms with Gasteiger partial charge in [0.15, 0.2) is 12.4 Å². The Kier molecular flexibility index (Phi) is 8.67. The number of nitrogens with one attached hydrogen (secondary N) is 2. The molecule has 1 unspecified atom stereocenters. The molecule has 0 saturated heterocycles. The van der Waals surface area contributed by atoms with Gasteiger partial charge in [-0.05, 0) is 44.5 Å². The maximum atomic E-state index is 13.1. The number of ether oxygens (including phenoxy) is 2. The first-order chi connectivity index (χ1) is 15.4. The highest BCUT2D eigenvalue weighted by Crippen LogP contribution is 2.29. The van der Waals surface area contributed by atoms with Crippen LogP contribution >= 0.6 is 0 Å². The fourth-order valence-electron chi connectivity index (χ4n) is 2.74. The minimum atomic E-state index is -3.01. The van der Waals surface area contributed by atoms with Crippen molar-refractivity contribution in [1.29, 1.82) is 0 Å². The molecule has 10 heteroatoms. The van der Waals surface area contributed by atoms with Gasteiger partial charge in [-0.15, -0.1) is 0 Å². The first-order valence-electron chi connectivity index (χ1n) is 10.6. The smallest absolute Gasteiger partial charge is 0.278 e. The van der Waals surface area contributed by atoms with Crippen LogP contribution in [0.4, 0.5) is 14.6 Å². The average molecular weight is 465 g/mol. The fraction of sp³-hybridized carbons (Fsp3) is 0.478. The molecule has 2 aromatic rings. The minimum absolute atomic E-state index is 0.0454. The molecule has 2 aromatic heterocycles. The second kappa shape index (κ2) is 11.0. The Bertz CT molecular complexity index is 993. The van der Waals surface area contributed by atoms with E-state index in [2.05, 4.69) is 20.6 Å². The second-order valence-corrected chi connectivity index (χ2v) is 8.09. The lowest BCUT2D eigenvalue weighted by molar-refractivity contribution is -0.118. The zero-order valence-electron chi connectivity index (χ0n) is 19.7. The predicted octanol–water partition coefficient (Wildman–Crippen LogP) is 4.30. The summed E-state index contributed by atoms with van der Waals surface area (Å²) in [4.78, 5) is 33.1. The van der Waals surface area contributed by atoms with Crippen LogP contribution in [0, 0.1) is 12.8 Å². The van der Waals surface area contributed by atoms with E-state index in [1.165, 1.54) is 12.3 Å². The summed E-state index contributed by atoms with van der Waals surface area (Å²) >= 11 is 0. The van der Waals surface area contributed by atoms with Crippen LogP contribution < -0.4 is 20.1 Å². The number of carbonyl (C=O) groups excluding carboxylic acids is 2. The first-order valence-corrected chi connectivity index (χ1v) is 10.6. The van der Waals surface area contributed by atoms with Gasteiger partial charge in [0, 0.05) is 30.3 Å². The Hall–Kier alpha value is -3.30. The molecular weight excluding hydrogens is 434 g/mol. The molecule has 1 atom stereocenters. The van der Waals surface area contributed by atoms with E-state index in [1.54, 1.807) is 46.8 Å². The number of hydrogen-bond donors (Lipinski definition) is 2. The molecule has 0 spiro atoms. The molecule has 8 nitrogen and oxygen atoms in total. The molecule has 0 bridgehead atoms. The van der Waals surface area contributed by atoms with Gasteiger partial charge in [0.25, 0.3) is 17.7 Å². The first kappa shape index (κ1) is 26.0. The number of hydrogen-bond acceptors (Lipinski definition) is 6. The number of carbonyl (C=O) groups is 2. The standard InChI is InChI=1S/C23H30F2N4O4/c1-7-32-18-9-17(11-26-22(18)33-12-23(6,24)25)15(5)28-21(31)16-8-14(4)27-19(10-16)29-20(30)13(2)3/h8-11,13,15H,7,12H2,1-6H3,(H,28,31)(H,27,29,30). The van der Waals surface area contributed by atoms with E-state index in [4.69, 9.17) is 9.47 Å². The number of aryl methyl sites for hydroxylation is 1. The highest BCUT2D eigenvalue weighted by molar-refractivity contribution is 5.97. The van der Waals surface area contributed by atoms with Gasteiger partial charge >= 0.3 is 0 Å². The summed E-state index contributed by atoms with van der Waals surface area (Å²) < 4.78 is 36.8. The Balaban J connectivity index is 2.17. The number of aromatic nitrogens is 2. The summed E-state index contributed by atoms with van der Waals surface area (Å²) in [6.07, 6.45) is 1.43. The van der Waals surface area contributed by atoms with Crippen LogP contribution in [0.3, 0.4) is 0 Å². The number of amides is 2. The molecular formula is C23H30F2N4O4. The van der Waals surface area contributed by atoms with E-state index in [0.717, 1.165) is 6.92 Å². The van der Waals surface area contributed by atoms with Gasteiger partial charge in [-0.3, -0.25) is 9.59 Å². The van der Waals surface area contributed by atoms with Crippen molar-refractivity contribution in [3.8, 4) is 11.6 Å². The van der Waals surface area contributed by atoms with Crippen LogP contribution in [0.5, 0.6) is 11.6 Å². The third-order valence-corrected chi connectivity index (χ3v) is 4.44. The van der Waals surface area contributed by atoms with Gasteiger partial charge in [-0.2, -0.15) is 0 Å². The van der Waals surface area contributed by atoms with Crippen molar-refractivity contribution in [2.24, 2.45) is 5.92 Å². The summed E-state index contributed by atoms with van der Waals surface area (Å²) in [6.45, 7) is 8.94. The minimum Gasteiger partial charge on any atom is -0.488 e. The molecule has 0 aromatic carbocycles. The summed E-state index contributed by atoms with van der Waals surface area (Å²) in [7, 11) is 0. The van der Waals surface area contributed by atoms with Crippen molar-refractivity contribution in [2.45, 2.75) is 53.5 Å². The van der Waals surface area contributed by atoms with E-state index in [-0.39, 0.29) is 36.0 Å². The van der Waals surface area contributed by atoms with E-state index in [1.807, 2.05) is 0 Å². The molecule has 0 fully saturated rings. The van der Waals surface area contributed by atoms with E-state index in [0.29, 0.717) is 22.6 Å². The van der Waals surface area contributed by atoms with Crippen molar-refractivity contribution in [3.63, 3.8) is 0 Å². The van der Waals surface area contributed by atoms with Gasteiger partial charge in [-0.1, -0.05) is 13.8 Å². The second-order valence-electron chi connectivity index (χ2n) is 8.09. The highest BCUT2D eigenvalue weighted by atomic mass is 19.3. The lowest BCUT2D eigenvalue weighted by Gasteiger charge is -2.18. The van der Waals surface area contributed by atoms with Gasteiger partial charge in [-0.25, -0.2) is 18.7 Å². The number of pyridine rings is 2. The SMILES string of the molecule is CCOc1cc(C(C)NC(=O)c2cc(C)nc(NC(=O)C(C)C)c2)cnc1OCC(C)(F)F. The molecule has 0 radical (unpaired) electrons. The third-order valence-electron chi connectivity index (χ3n) is 4.44. The maximum absolute atomic E-state index is 13.1. The van der Waals surface area contributed by atoms with Crippen molar-refractivity contribution >= 4 is 17.6 Å². The molecule has 2 amide bonds. The zero-order valence-corrected chi connectivity index (χ0v) is 19.7. The van der Waals surface area contributed by atoms with Crippen LogP contribution in [-0.2, 0) is 4.79 Å². The maximum Gasteiger partial charge on any atom is 0.278 e. The summed E-state index contributed by atoms with van der Waals surface area (Å²) in [5, 5.41) is 5.54. The monoisotopic (exact) mass is 464 g/mol. The zero-order chi connectivity index (χ0) is 24.8. The van der Waals surface area contributed by atoms with Gasteiger partial charge < -0.3 is 20.1 Å². The predicted molar refractivity (Wildman–Crippen MR) is 120 cm³/mol. The van der Waals surface area contributed by atoms with Gasteiger partial charge in [0.05, 0.1) is 12.6 Å². The Morgan fingerprint density at radius 3 is 2.45 bits per heavy atom. The number of alkyl halides is 2. The van der Waals surface area contributed by atoms with Crippen LogP contribution in [-0.4, -0.2) is 40.9 Å². The van der Waals surface area contributed by atoms with Crippen molar-refractivity contribution in [3.05, 3.63) is 41.2 Å². The van der Waals surface area contributed by atoms with E-state index < -0.39 is 18.6 Å². The number of halogens is 2. The quantitative estimate of drug-likeness (QED) is 0.543. The van der Waals surface area contributed by atoms with Crippen LogP contribution in [0.25, 0.3) is 0 Å². The van der Waals surface area contributed by atoms with Crippen molar-refractivity contribution < 1.29 is 27.8 Å². The topological polar surface area (TPSA) is 102 Å². The van der Waals surface area contributed by atoms with Gasteiger partial charge in [0.2, 0.25) is 5.91 Å². The normalized spacial score (nSPS) is 12.3. The lowest BCUT2D eigenvalue weighted by Crippen LogP contribution is -2.27. The van der Waals surface area contributed by atoms with E-state index in [9.17, 15) is 18.4 Å². The Labute approximate surface area is 192 Å². The van der Waals surface area contributed by atoms with Crippen LogP contribution in [0.2, 0.25) is 0 Å². The van der Waals surface area contributed by atoms with Gasteiger partial charge in [0.1, 0.15) is 5.82 Å². The van der Waals surface area contributed by atoms with Crippen molar-refractivity contribution in [1.82, 2.24) is 15.3 Å². The molecule has 2 N–H and O–H groups in total. The molecule has 2 heterocycles. The number of rotatable bonds is 10. The van der Waals surface area contributed by atoms with Crippen molar-refractivity contribution in [2.75, 3.05) is 18.5 Å². The molecule has 0 saturated carbocycles. The molecule has 33 heavy (non-hydrogen) atoms. The Morgan fingerprint density at radius 2 is 1.85 bits per heavy atom. The summed E-state index contributed by atoms with van der Waals surface area (Å²) in [5.74, 6) is -3.37. The highest BCUT2D eigenvalue weighted by Gasteiger charge is 2.24. The number of nitrogens with zero attached hydrogens (tertiary/aromatic N) is 2. The average Bonchev–Trinajstić information content (AvgIpc) is 2.71.